The summed E-state index contributed by atoms with van der Waals surface area (Å²) in [4.78, 5) is 19.5. The van der Waals surface area contributed by atoms with Gasteiger partial charge in [-0.15, -0.1) is 0 Å². The molecular formula is C27H43N5O8S2. The van der Waals surface area contributed by atoms with Crippen molar-refractivity contribution in [3.8, 4) is 5.75 Å². The summed E-state index contributed by atoms with van der Waals surface area (Å²) >= 11 is 0. The third kappa shape index (κ3) is 8.89. The number of anilines is 1. The fraction of sp³-hybridized carbons (Fsp3) is 0.630. The van der Waals surface area contributed by atoms with E-state index in [9.17, 15) is 26.7 Å². The molecule has 3 rings (SSSR count). The van der Waals surface area contributed by atoms with Gasteiger partial charge in [0.2, 0.25) is 10.0 Å². The average Bonchev–Trinajstić information content (AvgIpc) is 3.36. The number of rotatable bonds is 8. The van der Waals surface area contributed by atoms with Gasteiger partial charge in [0.25, 0.3) is 15.9 Å². The molecule has 0 bridgehead atoms. The van der Waals surface area contributed by atoms with Gasteiger partial charge in [-0.25, -0.2) is 21.8 Å². The predicted octanol–water partition coefficient (Wildman–Crippen LogP) is 1.91. The van der Waals surface area contributed by atoms with Gasteiger partial charge < -0.3 is 24.0 Å². The number of likely N-dealkylation sites (N-methyl/N-ethyl adjacent to an activating group) is 1. The lowest BCUT2D eigenvalue weighted by Gasteiger charge is -2.35. The number of imidazole rings is 1. The summed E-state index contributed by atoms with van der Waals surface area (Å²) in [6, 6.07) is 3.92. The molecule has 0 saturated heterocycles. The molecule has 2 heterocycles. The molecule has 1 aliphatic heterocycles. The van der Waals surface area contributed by atoms with E-state index in [1.165, 1.54) is 40.9 Å². The van der Waals surface area contributed by atoms with Crippen LogP contribution in [0.1, 0.15) is 50.4 Å². The Bertz CT molecular complexity index is 1430. The van der Waals surface area contributed by atoms with E-state index in [1.807, 2.05) is 13.8 Å². The number of benzene rings is 1. The van der Waals surface area contributed by atoms with Gasteiger partial charge in [-0.05, 0) is 51.3 Å². The number of nitrogens with zero attached hydrogens (tertiary/aromatic N) is 4. The highest BCUT2D eigenvalue weighted by Crippen LogP contribution is 2.29. The van der Waals surface area contributed by atoms with Crippen LogP contribution in [0.25, 0.3) is 0 Å². The van der Waals surface area contributed by atoms with Crippen molar-refractivity contribution in [2.75, 3.05) is 44.3 Å². The molecule has 2 N–H and O–H groups in total. The summed E-state index contributed by atoms with van der Waals surface area (Å²) in [7, 11) is -4.34. The van der Waals surface area contributed by atoms with E-state index in [0.29, 0.717) is 25.2 Å². The molecule has 0 spiro atoms. The predicted molar refractivity (Wildman–Crippen MR) is 158 cm³/mol. The Kier molecular flexibility index (Phi) is 11.4. The van der Waals surface area contributed by atoms with Crippen LogP contribution >= 0.6 is 0 Å². The summed E-state index contributed by atoms with van der Waals surface area (Å²) in [5, 5.41) is 9.99. The van der Waals surface area contributed by atoms with Crippen LogP contribution in [0.3, 0.4) is 0 Å². The smallest absolute Gasteiger partial charge is 0.261 e. The monoisotopic (exact) mass is 629 g/mol. The second-order valence-corrected chi connectivity index (χ2v) is 14.8. The number of nitrogens with one attached hydrogen (secondary N) is 1. The van der Waals surface area contributed by atoms with Crippen LogP contribution < -0.4 is 9.46 Å². The number of fused-ring (bicyclic) bond motifs is 1. The highest BCUT2D eigenvalue weighted by molar-refractivity contribution is 7.92. The standard InChI is InChI=1S/C27H43N5O8S2/c1-19-14-32(20(2)17-33)27(34)23-13-22(29-41(6,35)36)10-11-24(23)40-21(3)9-7-8-12-39-25(19)15-31(5)42(37,38)26-16-30(4)18-28-26/h10-11,13,16,18-21,25,29,33H,7-9,12,14-15,17H2,1-6H3/t19-,20+,21+,25+/m1/s1. The van der Waals surface area contributed by atoms with Gasteiger partial charge >= 0.3 is 0 Å². The van der Waals surface area contributed by atoms with Crippen LogP contribution in [-0.4, -0.2) is 104 Å². The number of amides is 1. The van der Waals surface area contributed by atoms with Crippen LogP contribution in [0, 0.1) is 5.92 Å². The minimum atomic E-state index is -3.89. The summed E-state index contributed by atoms with van der Waals surface area (Å²) in [5.41, 5.74) is 0.349. The maximum absolute atomic E-state index is 14.1. The maximum Gasteiger partial charge on any atom is 0.261 e. The number of aliphatic hydroxyl groups is 1. The first-order valence-corrected chi connectivity index (χ1v) is 17.2. The van der Waals surface area contributed by atoms with E-state index in [0.717, 1.165) is 12.7 Å². The molecule has 0 unspecified atom stereocenters. The molecule has 236 valence electrons. The fourth-order valence-electron chi connectivity index (χ4n) is 4.70. The fourth-order valence-corrected chi connectivity index (χ4v) is 6.39. The lowest BCUT2D eigenvalue weighted by molar-refractivity contribution is -0.00835. The summed E-state index contributed by atoms with van der Waals surface area (Å²) < 4.78 is 67.7. The Morgan fingerprint density at radius 3 is 2.55 bits per heavy atom. The van der Waals surface area contributed by atoms with Gasteiger partial charge in [0.1, 0.15) is 5.75 Å². The largest absolute Gasteiger partial charge is 0.490 e. The number of aryl methyl sites for hydroxylation is 1. The summed E-state index contributed by atoms with van der Waals surface area (Å²) in [6.45, 7) is 5.66. The number of carbonyl (C=O) groups excluding carboxylic acids is 1. The Morgan fingerprint density at radius 1 is 1.21 bits per heavy atom. The van der Waals surface area contributed by atoms with Crippen molar-refractivity contribution in [2.24, 2.45) is 13.0 Å². The number of carbonyl (C=O) groups is 1. The number of hydrogen-bond donors (Lipinski definition) is 2. The minimum Gasteiger partial charge on any atom is -0.490 e. The van der Waals surface area contributed by atoms with Crippen molar-refractivity contribution >= 4 is 31.6 Å². The molecule has 2 aromatic rings. The van der Waals surface area contributed by atoms with E-state index in [-0.39, 0.29) is 48.0 Å². The van der Waals surface area contributed by atoms with E-state index < -0.39 is 38.1 Å². The van der Waals surface area contributed by atoms with E-state index >= 15 is 0 Å². The first-order chi connectivity index (χ1) is 19.6. The molecule has 4 atom stereocenters. The highest BCUT2D eigenvalue weighted by Gasteiger charge is 2.33. The van der Waals surface area contributed by atoms with Gasteiger partial charge in [-0.3, -0.25) is 9.52 Å². The van der Waals surface area contributed by atoms with Crippen LogP contribution in [0.15, 0.2) is 35.7 Å². The molecule has 13 nitrogen and oxygen atoms in total. The molecule has 0 radical (unpaired) electrons. The van der Waals surface area contributed by atoms with Crippen LogP contribution in [0.4, 0.5) is 5.69 Å². The molecule has 0 saturated carbocycles. The molecule has 15 heteroatoms. The Hall–Kier alpha value is -2.72. The third-order valence-electron chi connectivity index (χ3n) is 7.15. The number of sulfonamides is 2. The highest BCUT2D eigenvalue weighted by atomic mass is 32.2. The van der Waals surface area contributed by atoms with Gasteiger partial charge in [-0.2, -0.15) is 4.31 Å². The lowest BCUT2D eigenvalue weighted by Crippen LogP contribution is -2.48. The van der Waals surface area contributed by atoms with E-state index in [1.54, 1.807) is 24.6 Å². The molecule has 1 amide bonds. The zero-order valence-corrected chi connectivity index (χ0v) is 26.7. The first kappa shape index (κ1) is 33.8. The van der Waals surface area contributed by atoms with Crippen molar-refractivity contribution < 1.29 is 36.2 Å². The number of aromatic nitrogens is 2. The van der Waals surface area contributed by atoms with E-state index in [2.05, 4.69) is 9.71 Å². The molecule has 0 fully saturated rings. The molecule has 1 aliphatic rings. The Labute approximate surface area is 248 Å². The number of hydrogen-bond acceptors (Lipinski definition) is 9. The van der Waals surface area contributed by atoms with Gasteiger partial charge in [0.05, 0.1) is 43.0 Å². The van der Waals surface area contributed by atoms with Crippen LogP contribution in [0.5, 0.6) is 5.75 Å². The summed E-state index contributed by atoms with van der Waals surface area (Å²) in [5.74, 6) is -0.513. The molecule has 42 heavy (non-hydrogen) atoms. The van der Waals surface area contributed by atoms with Crippen molar-refractivity contribution in [1.82, 2.24) is 18.8 Å². The van der Waals surface area contributed by atoms with Crippen molar-refractivity contribution in [3.05, 3.63) is 36.3 Å². The average molecular weight is 630 g/mol. The second-order valence-electron chi connectivity index (χ2n) is 11.0. The van der Waals surface area contributed by atoms with Crippen molar-refractivity contribution in [2.45, 2.75) is 63.3 Å². The van der Waals surface area contributed by atoms with Crippen LogP contribution in [-0.2, 0) is 31.8 Å². The van der Waals surface area contributed by atoms with E-state index in [4.69, 9.17) is 9.47 Å². The van der Waals surface area contributed by atoms with Gasteiger partial charge in [0, 0.05) is 51.6 Å². The Morgan fingerprint density at radius 2 is 1.93 bits per heavy atom. The van der Waals surface area contributed by atoms with Crippen LogP contribution in [0.2, 0.25) is 0 Å². The molecular weight excluding hydrogens is 586 g/mol. The second kappa shape index (κ2) is 14.2. The zero-order valence-electron chi connectivity index (χ0n) is 25.1. The summed E-state index contributed by atoms with van der Waals surface area (Å²) in [6.07, 6.45) is 5.20. The molecule has 1 aromatic carbocycles. The number of aliphatic hydroxyl groups excluding tert-OH is 1. The number of ether oxygens (including phenoxy) is 2. The van der Waals surface area contributed by atoms with Gasteiger partial charge in [0.15, 0.2) is 5.03 Å². The Balaban J connectivity index is 1.98. The zero-order chi connectivity index (χ0) is 31.2. The third-order valence-corrected chi connectivity index (χ3v) is 9.46. The normalized spacial score (nSPS) is 22.2. The topological polar surface area (TPSA) is 160 Å². The van der Waals surface area contributed by atoms with Crippen molar-refractivity contribution in [1.29, 1.82) is 0 Å². The first-order valence-electron chi connectivity index (χ1n) is 13.9. The SMILES string of the molecule is C[C@@H]1CN([C@@H](C)CO)C(=O)c2cc(NS(C)(=O)=O)ccc2O[C@@H](C)CCCCO[C@H]1CN(C)S(=O)(=O)c1cn(C)cn1. The van der Waals surface area contributed by atoms with Crippen molar-refractivity contribution in [3.63, 3.8) is 0 Å². The molecule has 0 aliphatic carbocycles. The van der Waals surface area contributed by atoms with Gasteiger partial charge in [-0.1, -0.05) is 6.92 Å². The lowest BCUT2D eigenvalue weighted by atomic mass is 10.0. The quantitative estimate of drug-likeness (QED) is 0.445. The minimum absolute atomic E-state index is 0.0220. The maximum atomic E-state index is 14.1. The molecule has 1 aromatic heterocycles.